The molecule has 3 rings (SSSR count). The molecule has 1 aliphatic rings. The summed E-state index contributed by atoms with van der Waals surface area (Å²) in [5, 5.41) is 2.90. The van der Waals surface area contributed by atoms with E-state index in [4.69, 9.17) is 21.1 Å². The molecule has 0 saturated heterocycles. The summed E-state index contributed by atoms with van der Waals surface area (Å²) in [6, 6.07) is 8.85. The Morgan fingerprint density at radius 1 is 1.15 bits per heavy atom. The molecule has 2 amide bonds. The first-order valence-corrected chi connectivity index (χ1v) is 8.79. The molecule has 1 aliphatic heterocycles. The van der Waals surface area contributed by atoms with Crippen molar-refractivity contribution in [1.29, 1.82) is 0 Å². The molecule has 8 heteroatoms. The van der Waals surface area contributed by atoms with Gasteiger partial charge in [0.2, 0.25) is 5.91 Å². The van der Waals surface area contributed by atoms with Gasteiger partial charge >= 0.3 is 0 Å². The Labute approximate surface area is 160 Å². The summed E-state index contributed by atoms with van der Waals surface area (Å²) in [5.41, 5.74) is 0.388. The van der Waals surface area contributed by atoms with Crippen LogP contribution in [0.15, 0.2) is 36.4 Å². The number of ether oxygens (including phenoxy) is 2. The van der Waals surface area contributed by atoms with Crippen LogP contribution in [0.1, 0.15) is 17.3 Å². The highest BCUT2D eigenvalue weighted by Crippen LogP contribution is 2.32. The van der Waals surface area contributed by atoms with Gasteiger partial charge in [0.15, 0.2) is 11.5 Å². The lowest BCUT2D eigenvalue weighted by Crippen LogP contribution is -2.38. The molecule has 0 spiro atoms. The Hall–Kier alpha value is -2.80. The largest absolute Gasteiger partial charge is 0.486 e. The maximum atomic E-state index is 14.0. The van der Waals surface area contributed by atoms with Gasteiger partial charge in [-0.2, -0.15) is 0 Å². The average molecular weight is 393 g/mol. The minimum Gasteiger partial charge on any atom is -0.486 e. The number of rotatable bonds is 5. The van der Waals surface area contributed by atoms with E-state index in [1.54, 1.807) is 25.1 Å². The molecule has 0 unspecified atom stereocenters. The summed E-state index contributed by atoms with van der Waals surface area (Å²) < 4.78 is 24.9. The zero-order valence-electron chi connectivity index (χ0n) is 14.6. The Bertz CT molecular complexity index is 875. The molecule has 6 nitrogen and oxygen atoms in total. The van der Waals surface area contributed by atoms with Crippen LogP contribution in [0.4, 0.5) is 10.1 Å². The summed E-state index contributed by atoms with van der Waals surface area (Å²) in [4.78, 5) is 26.1. The van der Waals surface area contributed by atoms with Crippen LogP contribution < -0.4 is 14.8 Å². The van der Waals surface area contributed by atoms with E-state index in [0.717, 1.165) is 6.07 Å². The summed E-state index contributed by atoms with van der Waals surface area (Å²) >= 11 is 5.71. The second-order valence-corrected chi connectivity index (χ2v) is 6.29. The van der Waals surface area contributed by atoms with E-state index in [9.17, 15) is 14.0 Å². The van der Waals surface area contributed by atoms with Crippen LogP contribution in [0, 0.1) is 5.82 Å². The number of halogens is 2. The van der Waals surface area contributed by atoms with Crippen molar-refractivity contribution in [2.24, 2.45) is 0 Å². The van der Waals surface area contributed by atoms with Gasteiger partial charge in [-0.25, -0.2) is 4.39 Å². The van der Waals surface area contributed by atoms with E-state index in [1.807, 2.05) is 0 Å². The highest BCUT2D eigenvalue weighted by Gasteiger charge is 2.21. The smallest absolute Gasteiger partial charge is 0.257 e. The number of carbonyl (C=O) groups excluding carboxylic acids is 2. The average Bonchev–Trinajstić information content (AvgIpc) is 2.65. The predicted octanol–water partition coefficient (Wildman–Crippen LogP) is 3.35. The molecule has 2 aromatic rings. The predicted molar refractivity (Wildman–Crippen MR) is 99.0 cm³/mol. The standard InChI is InChI=1S/C19H18ClFN2O4/c1-2-23(19(25)14-5-3-12(20)9-15(14)21)11-18(24)22-13-4-6-16-17(10-13)27-8-7-26-16/h3-6,9-10H,2,7-8,11H2,1H3,(H,22,24). The first kappa shape index (κ1) is 19.0. The number of nitrogens with zero attached hydrogens (tertiary/aromatic N) is 1. The number of amides is 2. The normalized spacial score (nSPS) is 12.4. The molecule has 142 valence electrons. The van der Waals surface area contributed by atoms with Crippen molar-refractivity contribution in [2.45, 2.75) is 6.92 Å². The lowest BCUT2D eigenvalue weighted by molar-refractivity contribution is -0.116. The molecular weight excluding hydrogens is 375 g/mol. The van der Waals surface area contributed by atoms with Crippen molar-refractivity contribution < 1.29 is 23.5 Å². The number of hydrogen-bond acceptors (Lipinski definition) is 4. The Morgan fingerprint density at radius 2 is 1.89 bits per heavy atom. The monoisotopic (exact) mass is 392 g/mol. The van der Waals surface area contributed by atoms with E-state index in [-0.39, 0.29) is 23.7 Å². The fraction of sp³-hybridized carbons (Fsp3) is 0.263. The summed E-state index contributed by atoms with van der Waals surface area (Å²) in [5.74, 6) is -0.549. The van der Waals surface area contributed by atoms with Gasteiger partial charge in [0.05, 0.1) is 5.56 Å². The fourth-order valence-corrected chi connectivity index (χ4v) is 2.81. The molecule has 27 heavy (non-hydrogen) atoms. The number of benzene rings is 2. The third-order valence-corrected chi connectivity index (χ3v) is 4.23. The Kier molecular flexibility index (Phi) is 5.81. The highest BCUT2D eigenvalue weighted by atomic mass is 35.5. The van der Waals surface area contributed by atoms with Crippen LogP contribution in [-0.4, -0.2) is 43.0 Å². The molecule has 0 aromatic heterocycles. The first-order chi connectivity index (χ1) is 13.0. The third kappa shape index (κ3) is 4.49. The third-order valence-electron chi connectivity index (χ3n) is 3.99. The van der Waals surface area contributed by atoms with Gasteiger partial charge in [-0.1, -0.05) is 11.6 Å². The van der Waals surface area contributed by atoms with Gasteiger partial charge in [0.1, 0.15) is 25.6 Å². The molecule has 0 bridgehead atoms. The van der Waals surface area contributed by atoms with Crippen LogP contribution in [-0.2, 0) is 4.79 Å². The van der Waals surface area contributed by atoms with E-state index in [2.05, 4.69) is 5.32 Å². The molecule has 0 saturated carbocycles. The minimum absolute atomic E-state index is 0.131. The Balaban J connectivity index is 1.67. The van der Waals surface area contributed by atoms with Crippen molar-refractivity contribution >= 4 is 29.1 Å². The number of likely N-dealkylation sites (N-methyl/N-ethyl adjacent to an activating group) is 1. The lowest BCUT2D eigenvalue weighted by atomic mass is 10.2. The maximum absolute atomic E-state index is 14.0. The zero-order valence-corrected chi connectivity index (χ0v) is 15.4. The van der Waals surface area contributed by atoms with Crippen LogP contribution in [0.25, 0.3) is 0 Å². The summed E-state index contributed by atoms with van der Waals surface area (Å²) in [6.07, 6.45) is 0. The van der Waals surface area contributed by atoms with Crippen molar-refractivity contribution in [2.75, 3.05) is 31.6 Å². The summed E-state index contributed by atoms with van der Waals surface area (Å²) in [6.45, 7) is 2.66. The maximum Gasteiger partial charge on any atom is 0.257 e. The number of anilines is 1. The topological polar surface area (TPSA) is 67.9 Å². The Morgan fingerprint density at radius 3 is 2.59 bits per heavy atom. The molecule has 0 fully saturated rings. The van der Waals surface area contributed by atoms with E-state index < -0.39 is 17.6 Å². The van der Waals surface area contributed by atoms with Crippen molar-refractivity contribution in [3.8, 4) is 11.5 Å². The van der Waals surface area contributed by atoms with Crippen LogP contribution in [0.5, 0.6) is 11.5 Å². The molecular formula is C19H18ClFN2O4. The second-order valence-electron chi connectivity index (χ2n) is 5.85. The molecule has 0 atom stereocenters. The van der Waals surface area contributed by atoms with E-state index >= 15 is 0 Å². The van der Waals surface area contributed by atoms with Crippen LogP contribution in [0.3, 0.4) is 0 Å². The van der Waals surface area contributed by atoms with E-state index in [0.29, 0.717) is 30.4 Å². The van der Waals surface area contributed by atoms with Crippen molar-refractivity contribution in [1.82, 2.24) is 4.90 Å². The number of fused-ring (bicyclic) bond motifs is 1. The van der Waals surface area contributed by atoms with Crippen LogP contribution in [0.2, 0.25) is 5.02 Å². The second kappa shape index (κ2) is 8.26. The van der Waals surface area contributed by atoms with Gasteiger partial charge in [-0.3, -0.25) is 9.59 Å². The molecule has 1 N–H and O–H groups in total. The van der Waals surface area contributed by atoms with Gasteiger partial charge in [0.25, 0.3) is 5.91 Å². The summed E-state index contributed by atoms with van der Waals surface area (Å²) in [7, 11) is 0. The number of carbonyl (C=O) groups is 2. The molecule has 1 heterocycles. The lowest BCUT2D eigenvalue weighted by Gasteiger charge is -2.21. The SMILES string of the molecule is CCN(CC(=O)Nc1ccc2c(c1)OCCO2)C(=O)c1ccc(Cl)cc1F. The molecule has 0 aliphatic carbocycles. The zero-order chi connectivity index (χ0) is 19.4. The molecule has 0 radical (unpaired) electrons. The van der Waals surface area contributed by atoms with E-state index in [1.165, 1.54) is 17.0 Å². The quantitative estimate of drug-likeness (QED) is 0.847. The van der Waals surface area contributed by atoms with Gasteiger partial charge in [-0.05, 0) is 37.3 Å². The van der Waals surface area contributed by atoms with Crippen molar-refractivity contribution in [3.05, 3.63) is 52.8 Å². The van der Waals surface area contributed by atoms with Crippen molar-refractivity contribution in [3.63, 3.8) is 0 Å². The van der Waals surface area contributed by atoms with Crippen LogP contribution >= 0.6 is 11.6 Å². The van der Waals surface area contributed by atoms with Gasteiger partial charge in [0, 0.05) is 23.3 Å². The molecule has 2 aromatic carbocycles. The minimum atomic E-state index is -0.724. The van der Waals surface area contributed by atoms with Gasteiger partial charge < -0.3 is 19.7 Å². The highest BCUT2D eigenvalue weighted by molar-refractivity contribution is 6.30. The number of nitrogens with one attached hydrogen (secondary N) is 1. The first-order valence-electron chi connectivity index (χ1n) is 8.41. The number of hydrogen-bond donors (Lipinski definition) is 1. The van der Waals surface area contributed by atoms with Gasteiger partial charge in [-0.15, -0.1) is 0 Å². The fourth-order valence-electron chi connectivity index (χ4n) is 2.66.